The molecular weight excluding hydrogens is 306 g/mol. The summed E-state index contributed by atoms with van der Waals surface area (Å²) >= 11 is 3.14. The molecule has 3 aromatic heterocycles. The summed E-state index contributed by atoms with van der Waals surface area (Å²) in [5.41, 5.74) is 7.12. The normalized spacial score (nSPS) is 18.8. The first-order valence-electron chi connectivity index (χ1n) is 6.98. The summed E-state index contributed by atoms with van der Waals surface area (Å²) in [5, 5.41) is 14.8. The Hall–Kier alpha value is -1.51. The fraction of sp³-hybridized carbons (Fsp3) is 0.462. The molecule has 0 aromatic carbocycles. The van der Waals surface area contributed by atoms with Crippen molar-refractivity contribution in [2.45, 2.75) is 32.3 Å². The van der Waals surface area contributed by atoms with Crippen molar-refractivity contribution in [2.75, 3.05) is 12.3 Å². The van der Waals surface area contributed by atoms with Gasteiger partial charge in [0.1, 0.15) is 6.10 Å². The van der Waals surface area contributed by atoms with Crippen LogP contribution in [0.25, 0.3) is 15.5 Å². The number of nitrogens with zero attached hydrogens (tertiary/aromatic N) is 4. The van der Waals surface area contributed by atoms with Crippen molar-refractivity contribution in [3.05, 3.63) is 16.8 Å². The molecular formula is C13H15N5OS2. The third-order valence-corrected chi connectivity index (χ3v) is 5.66. The predicted octanol–water partition coefficient (Wildman–Crippen LogP) is 2.91. The monoisotopic (exact) mass is 321 g/mol. The molecule has 0 saturated carbocycles. The van der Waals surface area contributed by atoms with E-state index in [9.17, 15) is 0 Å². The van der Waals surface area contributed by atoms with Gasteiger partial charge in [-0.05, 0) is 25.3 Å². The van der Waals surface area contributed by atoms with E-state index in [1.807, 2.05) is 0 Å². The van der Waals surface area contributed by atoms with Crippen molar-refractivity contribution in [1.82, 2.24) is 19.8 Å². The molecule has 1 unspecified atom stereocenters. The lowest BCUT2D eigenvalue weighted by molar-refractivity contribution is 0.103. The lowest BCUT2D eigenvalue weighted by Gasteiger charge is -2.04. The molecule has 4 rings (SSSR count). The second-order valence-corrected chi connectivity index (χ2v) is 7.13. The molecule has 1 saturated heterocycles. The fourth-order valence-corrected chi connectivity index (χ4v) is 4.33. The van der Waals surface area contributed by atoms with Crippen LogP contribution in [-0.4, -0.2) is 26.4 Å². The van der Waals surface area contributed by atoms with Gasteiger partial charge in [0.15, 0.2) is 10.8 Å². The summed E-state index contributed by atoms with van der Waals surface area (Å²) in [6.45, 7) is 2.91. The van der Waals surface area contributed by atoms with Gasteiger partial charge < -0.3 is 10.5 Å². The topological polar surface area (TPSA) is 78.3 Å². The van der Waals surface area contributed by atoms with Crippen LogP contribution in [0, 0.1) is 0 Å². The number of fused-ring (bicyclic) bond motifs is 1. The highest BCUT2D eigenvalue weighted by molar-refractivity contribution is 7.21. The van der Waals surface area contributed by atoms with Crippen LogP contribution < -0.4 is 5.73 Å². The predicted molar refractivity (Wildman–Crippen MR) is 83.7 cm³/mol. The molecule has 3 aromatic rings. The van der Waals surface area contributed by atoms with E-state index in [1.165, 1.54) is 16.2 Å². The molecule has 1 atom stereocenters. The van der Waals surface area contributed by atoms with Gasteiger partial charge in [-0.1, -0.05) is 18.3 Å². The van der Waals surface area contributed by atoms with Crippen molar-refractivity contribution in [1.29, 1.82) is 0 Å². The molecule has 4 heterocycles. The van der Waals surface area contributed by atoms with Gasteiger partial charge in [0.05, 0.1) is 5.00 Å². The molecule has 21 heavy (non-hydrogen) atoms. The number of nitrogens with two attached hydrogens (primary N) is 1. The van der Waals surface area contributed by atoms with E-state index in [-0.39, 0.29) is 6.10 Å². The largest absolute Gasteiger partial charge is 0.390 e. The van der Waals surface area contributed by atoms with Gasteiger partial charge in [-0.3, -0.25) is 0 Å². The van der Waals surface area contributed by atoms with E-state index in [0.29, 0.717) is 0 Å². The van der Waals surface area contributed by atoms with Gasteiger partial charge in [0, 0.05) is 17.0 Å². The van der Waals surface area contributed by atoms with Crippen LogP contribution in [0.4, 0.5) is 5.00 Å². The zero-order valence-corrected chi connectivity index (χ0v) is 13.2. The summed E-state index contributed by atoms with van der Waals surface area (Å²) in [6, 6.07) is 2.12. The first kappa shape index (κ1) is 13.2. The highest BCUT2D eigenvalue weighted by Gasteiger charge is 2.25. The molecule has 110 valence electrons. The Labute approximate surface area is 129 Å². The Bertz CT molecular complexity index is 784. The van der Waals surface area contributed by atoms with E-state index < -0.39 is 0 Å². The van der Waals surface area contributed by atoms with Crippen LogP contribution in [0.1, 0.15) is 36.6 Å². The highest BCUT2D eigenvalue weighted by Crippen LogP contribution is 2.37. The number of rotatable bonds is 3. The highest BCUT2D eigenvalue weighted by atomic mass is 32.1. The molecule has 1 aliphatic rings. The van der Waals surface area contributed by atoms with Crippen molar-refractivity contribution in [3.8, 4) is 10.6 Å². The van der Waals surface area contributed by atoms with Crippen LogP contribution in [0.5, 0.6) is 0 Å². The standard InChI is InChI=1S/C13H15N5OS2/c1-2-7-6-8(10(14)20-7)12-17-18-11(9-4-3-5-19-9)15-16-13(18)21-12/h6,9H,2-5,14H2,1H3. The minimum absolute atomic E-state index is 0.0148. The van der Waals surface area contributed by atoms with E-state index in [0.717, 1.165) is 52.2 Å². The van der Waals surface area contributed by atoms with Crippen molar-refractivity contribution in [3.63, 3.8) is 0 Å². The fourth-order valence-electron chi connectivity index (χ4n) is 2.52. The quantitative estimate of drug-likeness (QED) is 0.802. The molecule has 0 radical (unpaired) electrons. The number of anilines is 1. The van der Waals surface area contributed by atoms with Crippen LogP contribution in [-0.2, 0) is 11.2 Å². The van der Waals surface area contributed by atoms with Gasteiger partial charge in [0.25, 0.3) is 0 Å². The maximum Gasteiger partial charge on any atom is 0.235 e. The average Bonchev–Trinajstić information content (AvgIpc) is 3.20. The van der Waals surface area contributed by atoms with Crippen molar-refractivity contribution in [2.24, 2.45) is 0 Å². The molecule has 2 N–H and O–H groups in total. The van der Waals surface area contributed by atoms with Crippen LogP contribution in [0.2, 0.25) is 0 Å². The summed E-state index contributed by atoms with van der Waals surface area (Å²) in [7, 11) is 0. The minimum atomic E-state index is 0.0148. The number of aryl methyl sites for hydroxylation is 1. The van der Waals surface area contributed by atoms with E-state index in [1.54, 1.807) is 15.9 Å². The first-order chi connectivity index (χ1) is 10.3. The lowest BCUT2D eigenvalue weighted by atomic mass is 10.2. The molecule has 0 aliphatic carbocycles. The Kier molecular flexibility index (Phi) is 3.16. The Morgan fingerprint density at radius 2 is 2.33 bits per heavy atom. The number of thiophene rings is 1. The molecule has 1 aliphatic heterocycles. The van der Waals surface area contributed by atoms with Crippen LogP contribution in [0.15, 0.2) is 6.07 Å². The summed E-state index contributed by atoms with van der Waals surface area (Å²) in [6.07, 6.45) is 3.04. The van der Waals surface area contributed by atoms with Gasteiger partial charge >= 0.3 is 0 Å². The minimum Gasteiger partial charge on any atom is -0.390 e. The lowest BCUT2D eigenvalue weighted by Crippen LogP contribution is -2.03. The zero-order chi connectivity index (χ0) is 14.4. The second-order valence-electron chi connectivity index (χ2n) is 5.01. The van der Waals surface area contributed by atoms with Gasteiger partial charge in [0.2, 0.25) is 4.96 Å². The number of hydrogen-bond acceptors (Lipinski definition) is 7. The molecule has 8 heteroatoms. The maximum absolute atomic E-state index is 6.11. The van der Waals surface area contributed by atoms with Gasteiger partial charge in [-0.2, -0.15) is 9.61 Å². The molecule has 0 bridgehead atoms. The third kappa shape index (κ3) is 2.14. The number of ether oxygens (including phenoxy) is 1. The number of nitrogen functional groups attached to an aromatic ring is 1. The molecule has 6 nitrogen and oxygen atoms in total. The van der Waals surface area contributed by atoms with E-state index in [2.05, 4.69) is 28.3 Å². The Morgan fingerprint density at radius 1 is 1.43 bits per heavy atom. The van der Waals surface area contributed by atoms with Gasteiger partial charge in [-0.15, -0.1) is 21.5 Å². The number of hydrogen-bond donors (Lipinski definition) is 1. The SMILES string of the molecule is CCc1cc(-c2nn3c(C4CCCO4)nnc3s2)c(N)s1. The molecule has 0 amide bonds. The molecule has 0 spiro atoms. The Balaban J connectivity index is 1.78. The zero-order valence-electron chi connectivity index (χ0n) is 11.6. The summed E-state index contributed by atoms with van der Waals surface area (Å²) in [5.74, 6) is 0.800. The first-order valence-corrected chi connectivity index (χ1v) is 8.62. The third-order valence-electron chi connectivity index (χ3n) is 3.62. The maximum atomic E-state index is 6.11. The smallest absolute Gasteiger partial charge is 0.235 e. The average molecular weight is 321 g/mol. The van der Waals surface area contributed by atoms with Crippen LogP contribution >= 0.6 is 22.7 Å². The van der Waals surface area contributed by atoms with Crippen LogP contribution in [0.3, 0.4) is 0 Å². The second kappa shape index (κ2) is 5.04. The van der Waals surface area contributed by atoms with E-state index in [4.69, 9.17) is 10.5 Å². The molecule has 1 fully saturated rings. The van der Waals surface area contributed by atoms with Gasteiger partial charge in [-0.25, -0.2) is 0 Å². The van der Waals surface area contributed by atoms with Crippen molar-refractivity contribution >= 4 is 32.6 Å². The summed E-state index contributed by atoms with van der Waals surface area (Å²) < 4.78 is 7.49. The Morgan fingerprint density at radius 3 is 3.05 bits per heavy atom. The van der Waals surface area contributed by atoms with Crippen molar-refractivity contribution < 1.29 is 4.74 Å². The van der Waals surface area contributed by atoms with E-state index >= 15 is 0 Å². The number of aromatic nitrogens is 4. The summed E-state index contributed by atoms with van der Waals surface area (Å²) in [4.78, 5) is 2.06.